The highest BCUT2D eigenvalue weighted by Gasteiger charge is 2.34. The van der Waals surface area contributed by atoms with E-state index in [2.05, 4.69) is 23.2 Å². The van der Waals surface area contributed by atoms with Gasteiger partial charge in [0.15, 0.2) is 0 Å². The van der Waals surface area contributed by atoms with E-state index in [0.717, 1.165) is 30.7 Å². The molecule has 0 aromatic carbocycles. The van der Waals surface area contributed by atoms with Crippen LogP contribution in [0.25, 0.3) is 0 Å². The summed E-state index contributed by atoms with van der Waals surface area (Å²) in [5, 5.41) is 4.92. The summed E-state index contributed by atoms with van der Waals surface area (Å²) in [5.74, 6) is 2.31. The molecule has 1 aliphatic heterocycles. The topological polar surface area (TPSA) is 48.5 Å². The van der Waals surface area contributed by atoms with Crippen LogP contribution in [-0.2, 0) is 0 Å². The number of hydrogen-bond acceptors (Lipinski definition) is 4. The maximum atomic E-state index is 4.92. The van der Waals surface area contributed by atoms with Crippen LogP contribution in [0.2, 0.25) is 0 Å². The van der Waals surface area contributed by atoms with Gasteiger partial charge in [-0.1, -0.05) is 45.4 Å². The molecule has 3 rings (SSSR count). The molecule has 3 atom stereocenters. The van der Waals surface area contributed by atoms with Crippen LogP contribution in [0.1, 0.15) is 77.6 Å². The smallest absolute Gasteiger partial charge is 0.109 e. The highest BCUT2D eigenvalue weighted by atomic mass is 15.5. The Morgan fingerprint density at radius 3 is 2.64 bits per heavy atom. The fourth-order valence-corrected chi connectivity index (χ4v) is 4.66. The number of hydrazone groups is 1. The molecule has 3 N–H and O–H groups in total. The van der Waals surface area contributed by atoms with Gasteiger partial charge < -0.3 is 0 Å². The summed E-state index contributed by atoms with van der Waals surface area (Å²) in [6.07, 6.45) is 15.1. The first-order chi connectivity index (χ1) is 10.9. The first-order valence-corrected chi connectivity index (χ1v) is 9.69. The molecule has 126 valence electrons. The molecule has 22 heavy (non-hydrogen) atoms. The third-order valence-corrected chi connectivity index (χ3v) is 5.95. The number of nitrogens with one attached hydrogen (secondary N) is 3. The lowest BCUT2D eigenvalue weighted by molar-refractivity contribution is 0.0993. The van der Waals surface area contributed by atoms with Gasteiger partial charge in [0.05, 0.1) is 0 Å². The molecule has 2 saturated carbocycles. The lowest BCUT2D eigenvalue weighted by Crippen LogP contribution is -2.61. The average molecular weight is 306 g/mol. The first kappa shape index (κ1) is 16.3. The number of rotatable bonds is 5. The van der Waals surface area contributed by atoms with Crippen molar-refractivity contribution in [1.29, 1.82) is 0 Å². The van der Waals surface area contributed by atoms with E-state index in [1.165, 1.54) is 69.9 Å². The SMILES string of the molecule is CCC/C(=N/NC1NNCC2CCCCC21)C1CCCCC1. The Hall–Kier alpha value is -0.610. The van der Waals surface area contributed by atoms with Crippen LogP contribution in [0.5, 0.6) is 0 Å². The van der Waals surface area contributed by atoms with Crippen molar-refractivity contribution in [2.75, 3.05) is 6.54 Å². The molecule has 0 bridgehead atoms. The highest BCUT2D eigenvalue weighted by molar-refractivity contribution is 5.86. The van der Waals surface area contributed by atoms with Crippen molar-refractivity contribution in [3.63, 3.8) is 0 Å². The molecule has 0 spiro atoms. The minimum absolute atomic E-state index is 0.314. The molecule has 3 fully saturated rings. The van der Waals surface area contributed by atoms with Crippen LogP contribution in [-0.4, -0.2) is 18.4 Å². The summed E-state index contributed by atoms with van der Waals surface area (Å²) in [6, 6.07) is 0. The number of nitrogens with zero attached hydrogens (tertiary/aromatic N) is 1. The first-order valence-electron chi connectivity index (χ1n) is 9.69. The monoisotopic (exact) mass is 306 g/mol. The van der Waals surface area contributed by atoms with Crippen molar-refractivity contribution in [2.45, 2.75) is 83.7 Å². The van der Waals surface area contributed by atoms with Crippen molar-refractivity contribution >= 4 is 5.71 Å². The molecule has 0 aromatic rings. The van der Waals surface area contributed by atoms with E-state index in [1.807, 2.05) is 0 Å². The van der Waals surface area contributed by atoms with Crippen LogP contribution < -0.4 is 16.3 Å². The minimum atomic E-state index is 0.314. The van der Waals surface area contributed by atoms with E-state index >= 15 is 0 Å². The summed E-state index contributed by atoms with van der Waals surface area (Å²) in [7, 11) is 0. The van der Waals surface area contributed by atoms with Gasteiger partial charge in [0, 0.05) is 12.3 Å². The van der Waals surface area contributed by atoms with Gasteiger partial charge in [0.25, 0.3) is 0 Å². The fourth-order valence-electron chi connectivity index (χ4n) is 4.66. The molecular weight excluding hydrogens is 272 g/mol. The van der Waals surface area contributed by atoms with Gasteiger partial charge in [-0.3, -0.25) is 10.9 Å². The summed E-state index contributed by atoms with van der Waals surface area (Å²) in [6.45, 7) is 3.40. The second-order valence-corrected chi connectivity index (χ2v) is 7.53. The fraction of sp³-hybridized carbons (Fsp3) is 0.944. The van der Waals surface area contributed by atoms with E-state index in [0.29, 0.717) is 6.17 Å². The van der Waals surface area contributed by atoms with Crippen molar-refractivity contribution < 1.29 is 0 Å². The molecule has 4 heteroatoms. The van der Waals surface area contributed by atoms with Crippen molar-refractivity contribution in [2.24, 2.45) is 22.9 Å². The largest absolute Gasteiger partial charge is 0.291 e. The number of hydrogen-bond donors (Lipinski definition) is 3. The van der Waals surface area contributed by atoms with Crippen LogP contribution in [0, 0.1) is 17.8 Å². The quantitative estimate of drug-likeness (QED) is 0.538. The summed E-state index contributed by atoms with van der Waals surface area (Å²) >= 11 is 0. The molecular formula is C18H34N4. The Morgan fingerprint density at radius 1 is 1.05 bits per heavy atom. The standard InChI is InChI=1S/C18H34N4/c1-2-8-17(14-9-4-3-5-10-14)20-22-18-16-12-7-6-11-15(16)13-19-21-18/h14-16,18-19,21-22H,2-13H2,1H3/b20-17-. The molecule has 4 nitrogen and oxygen atoms in total. The van der Waals surface area contributed by atoms with Gasteiger partial charge in [-0.05, 0) is 49.9 Å². The average Bonchev–Trinajstić information content (AvgIpc) is 2.59. The maximum absolute atomic E-state index is 4.92. The molecule has 1 heterocycles. The Balaban J connectivity index is 1.61. The molecule has 0 radical (unpaired) electrons. The van der Waals surface area contributed by atoms with Crippen molar-refractivity contribution in [3.8, 4) is 0 Å². The second-order valence-electron chi connectivity index (χ2n) is 7.53. The van der Waals surface area contributed by atoms with Crippen molar-refractivity contribution in [3.05, 3.63) is 0 Å². The van der Waals surface area contributed by atoms with Gasteiger partial charge >= 0.3 is 0 Å². The van der Waals surface area contributed by atoms with Gasteiger partial charge in [-0.15, -0.1) is 0 Å². The van der Waals surface area contributed by atoms with Crippen LogP contribution in [0.15, 0.2) is 5.10 Å². The molecule has 3 aliphatic rings. The minimum Gasteiger partial charge on any atom is -0.291 e. The Morgan fingerprint density at radius 2 is 1.82 bits per heavy atom. The third-order valence-electron chi connectivity index (χ3n) is 5.95. The van der Waals surface area contributed by atoms with Gasteiger partial charge in [-0.2, -0.15) is 5.10 Å². The van der Waals surface area contributed by atoms with Crippen LogP contribution in [0.3, 0.4) is 0 Å². The Kier molecular flexibility index (Phi) is 6.13. The van der Waals surface area contributed by atoms with Crippen LogP contribution >= 0.6 is 0 Å². The normalized spacial score (nSPS) is 34.2. The lowest BCUT2D eigenvalue weighted by atomic mass is 9.77. The zero-order valence-corrected chi connectivity index (χ0v) is 14.2. The summed E-state index contributed by atoms with van der Waals surface area (Å²) in [4.78, 5) is 0. The van der Waals surface area contributed by atoms with Gasteiger partial charge in [0.1, 0.15) is 6.17 Å². The second kappa shape index (κ2) is 8.30. The lowest BCUT2D eigenvalue weighted by Gasteiger charge is -2.42. The Labute approximate surface area is 135 Å². The predicted molar refractivity (Wildman–Crippen MR) is 92.4 cm³/mol. The molecule has 0 aromatic heterocycles. The van der Waals surface area contributed by atoms with E-state index < -0.39 is 0 Å². The highest BCUT2D eigenvalue weighted by Crippen LogP contribution is 2.33. The zero-order chi connectivity index (χ0) is 15.2. The van der Waals surface area contributed by atoms with Crippen molar-refractivity contribution in [1.82, 2.24) is 16.3 Å². The van der Waals surface area contributed by atoms with Gasteiger partial charge in [0.2, 0.25) is 0 Å². The zero-order valence-electron chi connectivity index (χ0n) is 14.2. The number of hydrazine groups is 1. The van der Waals surface area contributed by atoms with Gasteiger partial charge in [-0.25, -0.2) is 5.43 Å². The molecule has 3 unspecified atom stereocenters. The maximum Gasteiger partial charge on any atom is 0.109 e. The molecule has 1 saturated heterocycles. The van der Waals surface area contributed by atoms with E-state index in [1.54, 1.807) is 0 Å². The molecule has 2 aliphatic carbocycles. The third kappa shape index (κ3) is 4.02. The Bertz CT molecular complexity index is 360. The number of fused-ring (bicyclic) bond motifs is 1. The van der Waals surface area contributed by atoms with E-state index in [4.69, 9.17) is 5.10 Å². The summed E-state index contributed by atoms with van der Waals surface area (Å²) in [5.41, 5.74) is 11.8. The van der Waals surface area contributed by atoms with Crippen LogP contribution in [0.4, 0.5) is 0 Å². The summed E-state index contributed by atoms with van der Waals surface area (Å²) < 4.78 is 0. The molecule has 0 amide bonds. The predicted octanol–water partition coefficient (Wildman–Crippen LogP) is 3.55. The van der Waals surface area contributed by atoms with E-state index in [9.17, 15) is 0 Å². The van der Waals surface area contributed by atoms with E-state index in [-0.39, 0.29) is 0 Å².